The number of aromatic nitrogens is 3. The van der Waals surface area contributed by atoms with Crippen LogP contribution in [-0.4, -0.2) is 47.7 Å². The van der Waals surface area contributed by atoms with Gasteiger partial charge in [0.25, 0.3) is 0 Å². The minimum absolute atomic E-state index is 0.529. The molecule has 3 aliphatic rings. The second-order valence-electron chi connectivity index (χ2n) is 9.45. The first-order valence-corrected chi connectivity index (χ1v) is 12.2. The van der Waals surface area contributed by atoms with Gasteiger partial charge in [0.15, 0.2) is 0 Å². The van der Waals surface area contributed by atoms with Crippen LogP contribution in [0.4, 0.5) is 23.0 Å². The van der Waals surface area contributed by atoms with E-state index < -0.39 is 0 Å². The van der Waals surface area contributed by atoms with Crippen LogP contribution in [0.5, 0.6) is 5.88 Å². The summed E-state index contributed by atoms with van der Waals surface area (Å²) in [7, 11) is 0. The first kappa shape index (κ1) is 21.2. The maximum absolute atomic E-state index is 5.70. The van der Waals surface area contributed by atoms with Gasteiger partial charge in [-0.15, -0.1) is 0 Å². The summed E-state index contributed by atoms with van der Waals surface area (Å²) in [5, 5.41) is 10.4. The molecular weight excluding hydrogens is 426 g/mol. The predicted octanol–water partition coefficient (Wildman–Crippen LogP) is 3.54. The highest BCUT2D eigenvalue weighted by atomic mass is 16.5. The number of rotatable bonds is 3. The van der Waals surface area contributed by atoms with Crippen LogP contribution in [0.2, 0.25) is 0 Å². The molecule has 0 spiro atoms. The molecule has 3 aliphatic heterocycles. The molecule has 8 nitrogen and oxygen atoms in total. The van der Waals surface area contributed by atoms with Crippen molar-refractivity contribution >= 4 is 23.0 Å². The third-order valence-corrected chi connectivity index (χ3v) is 7.16. The van der Waals surface area contributed by atoms with Gasteiger partial charge in [-0.2, -0.15) is 0 Å². The van der Waals surface area contributed by atoms with Crippen LogP contribution in [0.15, 0.2) is 30.6 Å². The van der Waals surface area contributed by atoms with E-state index in [0.717, 1.165) is 68.3 Å². The summed E-state index contributed by atoms with van der Waals surface area (Å²) in [6.45, 7) is 9.59. The monoisotopic (exact) mass is 457 g/mol. The average molecular weight is 458 g/mol. The minimum atomic E-state index is 0.529. The fourth-order valence-electron chi connectivity index (χ4n) is 5.26. The van der Waals surface area contributed by atoms with Crippen molar-refractivity contribution < 1.29 is 4.74 Å². The SMILES string of the molecule is Cc1c(N2CCc3cnc(Nc4ccc5c(c4)CCNCC5C)nc3C2)cnc2c1NCCO2. The molecule has 0 amide bonds. The number of hydrogen-bond donors (Lipinski definition) is 3. The lowest BCUT2D eigenvalue weighted by molar-refractivity contribution is 0.310. The maximum Gasteiger partial charge on any atom is 0.237 e. The van der Waals surface area contributed by atoms with E-state index in [9.17, 15) is 0 Å². The Morgan fingerprint density at radius 3 is 3.00 bits per heavy atom. The number of nitrogens with one attached hydrogen (secondary N) is 3. The van der Waals surface area contributed by atoms with Crippen molar-refractivity contribution in [3.63, 3.8) is 0 Å². The molecule has 5 heterocycles. The summed E-state index contributed by atoms with van der Waals surface area (Å²) in [4.78, 5) is 16.4. The summed E-state index contributed by atoms with van der Waals surface area (Å²) in [6.07, 6.45) is 5.87. The number of hydrogen-bond acceptors (Lipinski definition) is 8. The molecule has 3 aromatic rings. The molecule has 0 fully saturated rings. The largest absolute Gasteiger partial charge is 0.474 e. The minimum Gasteiger partial charge on any atom is -0.474 e. The van der Waals surface area contributed by atoms with Gasteiger partial charge in [0, 0.05) is 37.1 Å². The lowest BCUT2D eigenvalue weighted by Gasteiger charge is -2.32. The summed E-state index contributed by atoms with van der Waals surface area (Å²) >= 11 is 0. The highest BCUT2D eigenvalue weighted by Crippen LogP contribution is 2.36. The second-order valence-corrected chi connectivity index (χ2v) is 9.45. The van der Waals surface area contributed by atoms with E-state index in [1.165, 1.54) is 22.3 Å². The van der Waals surface area contributed by atoms with Gasteiger partial charge in [-0.3, -0.25) is 0 Å². The van der Waals surface area contributed by atoms with Gasteiger partial charge < -0.3 is 25.6 Å². The zero-order valence-corrected chi connectivity index (χ0v) is 19.8. The van der Waals surface area contributed by atoms with E-state index in [2.05, 4.69) is 62.9 Å². The molecule has 8 heteroatoms. The van der Waals surface area contributed by atoms with E-state index in [0.29, 0.717) is 24.4 Å². The number of fused-ring (bicyclic) bond motifs is 3. The van der Waals surface area contributed by atoms with Crippen molar-refractivity contribution in [2.24, 2.45) is 0 Å². The zero-order valence-electron chi connectivity index (χ0n) is 19.8. The molecule has 0 saturated heterocycles. The molecule has 0 bridgehead atoms. The van der Waals surface area contributed by atoms with Crippen LogP contribution in [-0.2, 0) is 19.4 Å². The van der Waals surface area contributed by atoms with Gasteiger partial charge >= 0.3 is 0 Å². The Morgan fingerprint density at radius 1 is 1.12 bits per heavy atom. The zero-order chi connectivity index (χ0) is 23.1. The van der Waals surface area contributed by atoms with Crippen LogP contribution in [0.25, 0.3) is 0 Å². The molecule has 1 unspecified atom stereocenters. The normalized spacial score (nSPS) is 19.1. The Bertz CT molecular complexity index is 1230. The molecule has 1 atom stereocenters. The number of anilines is 4. The van der Waals surface area contributed by atoms with Crippen LogP contribution in [0, 0.1) is 6.92 Å². The molecule has 3 N–H and O–H groups in total. The lowest BCUT2D eigenvalue weighted by atomic mass is 9.95. The molecular formula is C26H31N7O. The van der Waals surface area contributed by atoms with Gasteiger partial charge in [-0.05, 0) is 61.1 Å². The van der Waals surface area contributed by atoms with Crippen molar-refractivity contribution in [3.8, 4) is 5.88 Å². The van der Waals surface area contributed by atoms with Crippen molar-refractivity contribution in [2.75, 3.05) is 48.3 Å². The fraction of sp³-hybridized carbons (Fsp3) is 0.423. The Balaban J connectivity index is 1.23. The third-order valence-electron chi connectivity index (χ3n) is 7.16. The van der Waals surface area contributed by atoms with E-state index in [1.807, 2.05) is 12.4 Å². The second kappa shape index (κ2) is 8.76. The van der Waals surface area contributed by atoms with Crippen molar-refractivity contribution in [1.29, 1.82) is 0 Å². The van der Waals surface area contributed by atoms with Crippen LogP contribution in [0.3, 0.4) is 0 Å². The van der Waals surface area contributed by atoms with E-state index in [1.54, 1.807) is 0 Å². The Morgan fingerprint density at radius 2 is 2.06 bits per heavy atom. The average Bonchev–Trinajstić information content (AvgIpc) is 3.05. The lowest BCUT2D eigenvalue weighted by Crippen LogP contribution is -2.32. The Labute approximate surface area is 200 Å². The highest BCUT2D eigenvalue weighted by molar-refractivity contribution is 5.70. The quantitative estimate of drug-likeness (QED) is 0.551. The highest BCUT2D eigenvalue weighted by Gasteiger charge is 2.24. The van der Waals surface area contributed by atoms with Gasteiger partial charge in [-0.1, -0.05) is 13.0 Å². The van der Waals surface area contributed by atoms with E-state index in [-0.39, 0.29) is 0 Å². The van der Waals surface area contributed by atoms with Crippen molar-refractivity contribution in [2.45, 2.75) is 39.2 Å². The molecule has 0 aliphatic carbocycles. The van der Waals surface area contributed by atoms with Crippen molar-refractivity contribution in [1.82, 2.24) is 20.3 Å². The smallest absolute Gasteiger partial charge is 0.237 e. The number of ether oxygens (including phenoxy) is 1. The summed E-state index contributed by atoms with van der Waals surface area (Å²) in [6, 6.07) is 6.65. The van der Waals surface area contributed by atoms with Gasteiger partial charge in [0.05, 0.1) is 24.1 Å². The topological polar surface area (TPSA) is 87.2 Å². The summed E-state index contributed by atoms with van der Waals surface area (Å²) < 4.78 is 5.70. The predicted molar refractivity (Wildman–Crippen MR) is 134 cm³/mol. The van der Waals surface area contributed by atoms with Gasteiger partial charge in [-0.25, -0.2) is 15.0 Å². The first-order valence-electron chi connectivity index (χ1n) is 12.2. The molecule has 34 heavy (non-hydrogen) atoms. The molecule has 0 radical (unpaired) electrons. The fourth-order valence-corrected chi connectivity index (χ4v) is 5.26. The molecule has 6 rings (SSSR count). The Kier molecular flexibility index (Phi) is 5.45. The standard InChI is InChI=1S/C26H31N7O/c1-16-12-27-7-5-18-11-20(3-4-21(16)18)31-26-30-13-19-6-9-33(15-22(19)32-26)23-14-29-25-24(17(23)2)28-8-10-34-25/h3-4,11,13-14,16,27-28H,5-10,12,15H2,1-2H3,(H,30,31,32). The summed E-state index contributed by atoms with van der Waals surface area (Å²) in [5.41, 5.74) is 9.48. The molecule has 1 aromatic carbocycles. The summed E-state index contributed by atoms with van der Waals surface area (Å²) in [5.74, 6) is 1.88. The van der Waals surface area contributed by atoms with E-state index >= 15 is 0 Å². The molecule has 0 saturated carbocycles. The maximum atomic E-state index is 5.70. The van der Waals surface area contributed by atoms with Crippen molar-refractivity contribution in [3.05, 3.63) is 58.5 Å². The van der Waals surface area contributed by atoms with Crippen LogP contribution >= 0.6 is 0 Å². The van der Waals surface area contributed by atoms with E-state index in [4.69, 9.17) is 9.72 Å². The third kappa shape index (κ3) is 3.92. The molecule has 2 aromatic heterocycles. The van der Waals surface area contributed by atoms with Gasteiger partial charge in [0.2, 0.25) is 11.8 Å². The van der Waals surface area contributed by atoms with Crippen LogP contribution < -0.4 is 25.6 Å². The number of pyridine rings is 1. The first-order chi connectivity index (χ1) is 16.7. The Hall–Kier alpha value is -3.39. The van der Waals surface area contributed by atoms with Gasteiger partial charge in [0.1, 0.15) is 12.3 Å². The number of benzene rings is 1. The number of nitrogens with zero attached hydrogens (tertiary/aromatic N) is 4. The molecule has 176 valence electrons. The van der Waals surface area contributed by atoms with Crippen LogP contribution in [0.1, 0.15) is 40.8 Å².